The van der Waals surface area contributed by atoms with E-state index in [1.54, 1.807) is 0 Å². The number of hydrogen-bond donors (Lipinski definition) is 2. The molecule has 2 aromatic carbocycles. The first-order valence-corrected chi connectivity index (χ1v) is 10.1. The lowest BCUT2D eigenvalue weighted by Gasteiger charge is -2.15. The minimum Gasteiger partial charge on any atom is -0.489 e. The molecule has 1 aliphatic rings. The van der Waals surface area contributed by atoms with E-state index < -0.39 is 11.8 Å². The Kier molecular flexibility index (Phi) is 7.81. The van der Waals surface area contributed by atoms with Crippen molar-refractivity contribution in [3.8, 4) is 5.75 Å². The van der Waals surface area contributed by atoms with E-state index in [0.717, 1.165) is 36.8 Å². The van der Waals surface area contributed by atoms with Gasteiger partial charge in [0, 0.05) is 6.04 Å². The molecule has 0 unspecified atom stereocenters. The standard InChI is InChI=1S/C23H27N3O3/c27-22(25-20-12-6-1-2-7-13-20)23(28)26-24-16-19-11-8-14-21(15-19)29-17-18-9-4-3-5-10-18/h3-5,8-11,14-16,20H,1-2,6-7,12-13,17H2,(H,25,27)(H,26,28)/b24-16-. The van der Waals surface area contributed by atoms with E-state index in [-0.39, 0.29) is 6.04 Å². The number of rotatable bonds is 6. The van der Waals surface area contributed by atoms with E-state index in [2.05, 4.69) is 15.8 Å². The Labute approximate surface area is 171 Å². The van der Waals surface area contributed by atoms with Gasteiger partial charge in [-0.05, 0) is 36.1 Å². The number of hydrogen-bond acceptors (Lipinski definition) is 4. The molecule has 1 aliphatic carbocycles. The summed E-state index contributed by atoms with van der Waals surface area (Å²) in [6, 6.07) is 17.4. The average molecular weight is 393 g/mol. The van der Waals surface area contributed by atoms with Crippen LogP contribution in [0.25, 0.3) is 0 Å². The zero-order valence-electron chi connectivity index (χ0n) is 16.5. The summed E-state index contributed by atoms with van der Waals surface area (Å²) in [4.78, 5) is 24.0. The van der Waals surface area contributed by atoms with Crippen molar-refractivity contribution in [3.05, 3.63) is 65.7 Å². The van der Waals surface area contributed by atoms with E-state index >= 15 is 0 Å². The smallest absolute Gasteiger partial charge is 0.329 e. The van der Waals surface area contributed by atoms with Crippen molar-refractivity contribution >= 4 is 18.0 Å². The van der Waals surface area contributed by atoms with Crippen LogP contribution in [-0.4, -0.2) is 24.1 Å². The monoisotopic (exact) mass is 393 g/mol. The van der Waals surface area contributed by atoms with Crippen molar-refractivity contribution in [2.75, 3.05) is 0 Å². The van der Waals surface area contributed by atoms with Crippen LogP contribution in [0.15, 0.2) is 59.7 Å². The number of nitrogens with zero attached hydrogens (tertiary/aromatic N) is 1. The predicted octanol–water partition coefficient (Wildman–Crippen LogP) is 3.55. The van der Waals surface area contributed by atoms with Crippen LogP contribution in [0.2, 0.25) is 0 Å². The van der Waals surface area contributed by atoms with Gasteiger partial charge in [-0.15, -0.1) is 0 Å². The summed E-state index contributed by atoms with van der Waals surface area (Å²) >= 11 is 0. The number of carbonyl (C=O) groups excluding carboxylic acids is 2. The Morgan fingerprint density at radius 1 is 0.966 bits per heavy atom. The summed E-state index contributed by atoms with van der Waals surface area (Å²) < 4.78 is 5.78. The van der Waals surface area contributed by atoms with Crippen molar-refractivity contribution in [3.63, 3.8) is 0 Å². The molecular weight excluding hydrogens is 366 g/mol. The number of hydrazone groups is 1. The lowest BCUT2D eigenvalue weighted by molar-refractivity contribution is -0.139. The Balaban J connectivity index is 1.46. The molecule has 2 amide bonds. The van der Waals surface area contributed by atoms with Gasteiger partial charge in [-0.1, -0.05) is 68.1 Å². The summed E-state index contributed by atoms with van der Waals surface area (Å²) in [5, 5.41) is 6.70. The van der Waals surface area contributed by atoms with Crippen LogP contribution in [0.4, 0.5) is 0 Å². The fourth-order valence-electron chi connectivity index (χ4n) is 3.32. The van der Waals surface area contributed by atoms with Crippen LogP contribution in [-0.2, 0) is 16.2 Å². The number of carbonyl (C=O) groups is 2. The largest absolute Gasteiger partial charge is 0.489 e. The SMILES string of the molecule is O=C(N/N=C\c1cccc(OCc2ccccc2)c1)C(=O)NC1CCCCCC1. The first-order valence-electron chi connectivity index (χ1n) is 10.1. The molecule has 6 nitrogen and oxygen atoms in total. The molecular formula is C23H27N3O3. The van der Waals surface area contributed by atoms with E-state index in [1.807, 2.05) is 54.6 Å². The molecule has 2 N–H and O–H groups in total. The highest BCUT2D eigenvalue weighted by Gasteiger charge is 2.19. The first kappa shape index (κ1) is 20.6. The molecule has 0 aliphatic heterocycles. The minimum absolute atomic E-state index is 0.0816. The van der Waals surface area contributed by atoms with E-state index in [0.29, 0.717) is 12.4 Å². The molecule has 0 aromatic heterocycles. The van der Waals surface area contributed by atoms with Gasteiger partial charge in [-0.2, -0.15) is 5.10 Å². The Morgan fingerprint density at radius 3 is 2.48 bits per heavy atom. The molecule has 152 valence electrons. The van der Waals surface area contributed by atoms with Crippen molar-refractivity contribution in [1.82, 2.24) is 10.7 Å². The maximum atomic E-state index is 12.0. The van der Waals surface area contributed by atoms with Gasteiger partial charge in [-0.25, -0.2) is 5.43 Å². The maximum Gasteiger partial charge on any atom is 0.329 e. The fourth-order valence-corrected chi connectivity index (χ4v) is 3.32. The molecule has 6 heteroatoms. The Bertz CT molecular complexity index is 828. The predicted molar refractivity (Wildman–Crippen MR) is 113 cm³/mol. The summed E-state index contributed by atoms with van der Waals surface area (Å²) in [5.41, 5.74) is 4.14. The molecule has 29 heavy (non-hydrogen) atoms. The number of nitrogens with one attached hydrogen (secondary N) is 2. The van der Waals surface area contributed by atoms with Crippen molar-refractivity contribution < 1.29 is 14.3 Å². The number of amides is 2. The minimum atomic E-state index is -0.748. The van der Waals surface area contributed by atoms with E-state index in [9.17, 15) is 9.59 Å². The second-order valence-electron chi connectivity index (χ2n) is 7.21. The highest BCUT2D eigenvalue weighted by molar-refractivity contribution is 6.35. The Hall–Kier alpha value is -3.15. The second kappa shape index (κ2) is 11.0. The fraction of sp³-hybridized carbons (Fsp3) is 0.348. The van der Waals surface area contributed by atoms with Gasteiger partial charge in [-0.3, -0.25) is 9.59 Å². The third kappa shape index (κ3) is 7.07. The molecule has 2 aromatic rings. The molecule has 1 fully saturated rings. The zero-order valence-corrected chi connectivity index (χ0v) is 16.5. The molecule has 0 atom stereocenters. The quantitative estimate of drug-likeness (QED) is 0.341. The van der Waals surface area contributed by atoms with Gasteiger partial charge >= 0.3 is 11.8 Å². The lowest BCUT2D eigenvalue weighted by atomic mass is 10.1. The number of benzene rings is 2. The van der Waals surface area contributed by atoms with Crippen LogP contribution in [0.1, 0.15) is 49.7 Å². The summed E-state index contributed by atoms with van der Waals surface area (Å²) in [5.74, 6) is -0.675. The highest BCUT2D eigenvalue weighted by atomic mass is 16.5. The van der Waals surface area contributed by atoms with E-state index in [1.165, 1.54) is 19.1 Å². The molecule has 0 saturated heterocycles. The third-order valence-corrected chi connectivity index (χ3v) is 4.88. The van der Waals surface area contributed by atoms with Gasteiger partial charge in [0.2, 0.25) is 0 Å². The van der Waals surface area contributed by atoms with Crippen LogP contribution in [0.3, 0.4) is 0 Å². The topological polar surface area (TPSA) is 79.8 Å². The summed E-state index contributed by atoms with van der Waals surface area (Å²) in [6.45, 7) is 0.472. The average Bonchev–Trinajstić information content (AvgIpc) is 3.02. The van der Waals surface area contributed by atoms with Crippen molar-refractivity contribution in [2.24, 2.45) is 5.10 Å². The zero-order chi connectivity index (χ0) is 20.3. The normalized spacial score (nSPS) is 14.9. The summed E-state index contributed by atoms with van der Waals surface area (Å²) in [6.07, 6.45) is 7.91. The van der Waals surface area contributed by atoms with Gasteiger partial charge in [0.1, 0.15) is 12.4 Å². The second-order valence-corrected chi connectivity index (χ2v) is 7.21. The molecule has 1 saturated carbocycles. The van der Waals surface area contributed by atoms with Gasteiger partial charge in [0.05, 0.1) is 6.21 Å². The van der Waals surface area contributed by atoms with Crippen LogP contribution >= 0.6 is 0 Å². The van der Waals surface area contributed by atoms with Crippen molar-refractivity contribution in [1.29, 1.82) is 0 Å². The molecule has 0 radical (unpaired) electrons. The van der Waals surface area contributed by atoms with Gasteiger partial charge in [0.15, 0.2) is 0 Å². The highest BCUT2D eigenvalue weighted by Crippen LogP contribution is 2.17. The van der Waals surface area contributed by atoms with Crippen LogP contribution < -0.4 is 15.5 Å². The van der Waals surface area contributed by atoms with Crippen LogP contribution in [0.5, 0.6) is 5.75 Å². The van der Waals surface area contributed by atoms with Crippen molar-refractivity contribution in [2.45, 2.75) is 51.2 Å². The molecule has 3 rings (SSSR count). The van der Waals surface area contributed by atoms with Gasteiger partial charge < -0.3 is 10.1 Å². The van der Waals surface area contributed by atoms with E-state index in [4.69, 9.17) is 4.74 Å². The summed E-state index contributed by atoms with van der Waals surface area (Å²) in [7, 11) is 0. The Morgan fingerprint density at radius 2 is 1.72 bits per heavy atom. The molecule has 0 bridgehead atoms. The lowest BCUT2D eigenvalue weighted by Crippen LogP contribution is -2.43. The molecule has 0 heterocycles. The third-order valence-electron chi connectivity index (χ3n) is 4.88. The van der Waals surface area contributed by atoms with Crippen LogP contribution in [0, 0.1) is 0 Å². The first-order chi connectivity index (χ1) is 14.2. The van der Waals surface area contributed by atoms with Gasteiger partial charge in [0.25, 0.3) is 0 Å². The molecule has 0 spiro atoms. The number of ether oxygens (including phenoxy) is 1. The maximum absolute atomic E-state index is 12.0.